The lowest BCUT2D eigenvalue weighted by Gasteiger charge is -2.37. The monoisotopic (exact) mass is 853 g/mol. The largest absolute Gasteiger partial charge is 0.483 e. The number of ether oxygens (including phenoxy) is 1. The van der Waals surface area contributed by atoms with Crippen molar-refractivity contribution in [3.8, 4) is 17.0 Å². The van der Waals surface area contributed by atoms with Crippen molar-refractivity contribution >= 4 is 44.6 Å². The number of aromatic nitrogens is 1. The number of fused-ring (bicyclic) bond motifs is 5. The predicted octanol–water partition coefficient (Wildman–Crippen LogP) is 6.55. The number of para-hydroxylation sites is 1. The quantitative estimate of drug-likeness (QED) is 0.225. The van der Waals surface area contributed by atoms with Gasteiger partial charge >= 0.3 is 0 Å². The van der Waals surface area contributed by atoms with Crippen LogP contribution in [0.5, 0.6) is 5.75 Å². The number of nitrogens with zero attached hydrogens (tertiary/aromatic N) is 2. The first-order valence-electron chi connectivity index (χ1n) is 22.3. The lowest BCUT2D eigenvalue weighted by Crippen LogP contribution is -2.57. The SMILES string of the molecule is CC1(S(=O)(=O)NC(=O)[C@@]23C[C@H]2/C=C\CCCCC[C@H](CC(=O)NC2CCCCC2)C(=O)N2C[C@@]4(CCc5c(c(-c6cccc(F)c6)nc6ccccc56)O4)C[C@H]2C(=O)N3)CC1. The molecule has 2 aromatic carbocycles. The van der Waals surface area contributed by atoms with Crippen LogP contribution < -0.4 is 20.1 Å². The van der Waals surface area contributed by atoms with Crippen LogP contribution in [0.4, 0.5) is 4.39 Å². The average Bonchev–Trinajstić information content (AvgIpc) is 4.14. The van der Waals surface area contributed by atoms with E-state index in [1.165, 1.54) is 12.1 Å². The number of pyridine rings is 1. The second kappa shape index (κ2) is 16.1. The van der Waals surface area contributed by atoms with Gasteiger partial charge in [0.25, 0.3) is 5.91 Å². The normalized spacial score (nSPS) is 29.5. The van der Waals surface area contributed by atoms with E-state index < -0.39 is 61.4 Å². The Kier molecular flexibility index (Phi) is 11.0. The third-order valence-electron chi connectivity index (χ3n) is 14.3. The van der Waals surface area contributed by atoms with Crippen LogP contribution in [0.25, 0.3) is 22.2 Å². The summed E-state index contributed by atoms with van der Waals surface area (Å²) in [6, 6.07) is 12.9. The molecule has 324 valence electrons. The summed E-state index contributed by atoms with van der Waals surface area (Å²) in [5.41, 5.74) is 0.0288. The Morgan fingerprint density at radius 3 is 2.52 bits per heavy atom. The molecule has 1 spiro atoms. The number of hydrogen-bond acceptors (Lipinski definition) is 8. The van der Waals surface area contributed by atoms with Gasteiger partial charge in [0.15, 0.2) is 0 Å². The van der Waals surface area contributed by atoms with Crippen molar-refractivity contribution in [2.24, 2.45) is 11.8 Å². The Morgan fingerprint density at radius 2 is 1.74 bits per heavy atom. The minimum Gasteiger partial charge on any atom is -0.483 e. The molecule has 0 unspecified atom stereocenters. The van der Waals surface area contributed by atoms with Gasteiger partial charge in [0, 0.05) is 47.2 Å². The number of allylic oxidation sites excluding steroid dienone is 1. The standard InChI is InChI=1S/C47H56FN5O7S/c1-45(23-24-45)61(58,59)52-44(57)47-27-32(47)15-7-4-2-3-6-13-31(26-39(54)49-34-17-8-5-9-18-34)43(56)53-29-46(28-38(53)42(55)51-47)22-21-36-35-19-10-11-20-37(35)50-40(41(36)60-46)30-14-12-16-33(48)25-30/h7,10-12,14-16,19-20,25,31-32,34,38H,2-6,8-9,13,17-18,21-24,26-29H2,1H3,(H,49,54)(H,51,55)(H,52,57)/b15-7-/t31-,32-,38+,46-,47-/m1/s1. The summed E-state index contributed by atoms with van der Waals surface area (Å²) in [5.74, 6) is -2.96. The van der Waals surface area contributed by atoms with Crippen LogP contribution in [0.3, 0.4) is 0 Å². The van der Waals surface area contributed by atoms with E-state index in [0.29, 0.717) is 55.5 Å². The molecule has 12 nitrogen and oxygen atoms in total. The molecule has 1 saturated heterocycles. The zero-order valence-electron chi connectivity index (χ0n) is 34.8. The van der Waals surface area contributed by atoms with Crippen molar-refractivity contribution in [1.29, 1.82) is 0 Å². The van der Waals surface area contributed by atoms with Gasteiger partial charge in [0.2, 0.25) is 27.7 Å². The van der Waals surface area contributed by atoms with E-state index in [4.69, 9.17) is 9.72 Å². The molecule has 3 aromatic rings. The number of benzene rings is 2. The number of nitrogens with one attached hydrogen (secondary N) is 3. The molecule has 0 bridgehead atoms. The van der Waals surface area contributed by atoms with Gasteiger partial charge in [-0.3, -0.25) is 23.9 Å². The molecule has 4 amide bonds. The molecule has 4 fully saturated rings. The van der Waals surface area contributed by atoms with E-state index in [1.54, 1.807) is 24.0 Å². The Hall–Kier alpha value is -4.85. The molecule has 14 heteroatoms. The fourth-order valence-corrected chi connectivity index (χ4v) is 11.5. The third kappa shape index (κ3) is 8.16. The number of hydrogen-bond donors (Lipinski definition) is 3. The number of halogens is 1. The van der Waals surface area contributed by atoms with Crippen molar-refractivity contribution in [3.63, 3.8) is 0 Å². The molecule has 0 radical (unpaired) electrons. The molecular weight excluding hydrogens is 798 g/mol. The molecule has 61 heavy (non-hydrogen) atoms. The highest BCUT2D eigenvalue weighted by Gasteiger charge is 2.64. The summed E-state index contributed by atoms with van der Waals surface area (Å²) in [6.07, 6.45) is 14.6. The highest BCUT2D eigenvalue weighted by atomic mass is 32.2. The van der Waals surface area contributed by atoms with Crippen molar-refractivity contribution in [2.75, 3.05) is 6.54 Å². The lowest BCUT2D eigenvalue weighted by molar-refractivity contribution is -0.144. The lowest BCUT2D eigenvalue weighted by atomic mass is 9.86. The van der Waals surface area contributed by atoms with Gasteiger partial charge in [-0.1, -0.05) is 74.6 Å². The summed E-state index contributed by atoms with van der Waals surface area (Å²) in [7, 11) is -4.01. The third-order valence-corrected chi connectivity index (χ3v) is 16.5. The van der Waals surface area contributed by atoms with Gasteiger partial charge < -0.3 is 20.3 Å². The van der Waals surface area contributed by atoms with Crippen LogP contribution in [0.15, 0.2) is 60.7 Å². The van der Waals surface area contributed by atoms with Crippen LogP contribution in [-0.2, 0) is 35.6 Å². The van der Waals surface area contributed by atoms with Crippen molar-refractivity contribution < 1.29 is 36.7 Å². The van der Waals surface area contributed by atoms with E-state index in [9.17, 15) is 27.2 Å². The number of sulfonamides is 1. The van der Waals surface area contributed by atoms with Crippen molar-refractivity contribution in [2.45, 2.75) is 144 Å². The second-order valence-corrected chi connectivity index (χ2v) is 21.0. The van der Waals surface area contributed by atoms with Crippen LogP contribution in [0, 0.1) is 17.7 Å². The fourth-order valence-electron chi connectivity index (χ4n) is 10.2. The first kappa shape index (κ1) is 41.5. The molecule has 5 atom stereocenters. The Bertz CT molecular complexity index is 2400. The smallest absolute Gasteiger partial charge is 0.259 e. The van der Waals surface area contributed by atoms with E-state index in [-0.39, 0.29) is 43.7 Å². The minimum atomic E-state index is -4.01. The molecule has 6 aliphatic rings. The summed E-state index contributed by atoms with van der Waals surface area (Å²) >= 11 is 0. The average molecular weight is 854 g/mol. The van der Waals surface area contributed by atoms with E-state index >= 15 is 4.79 Å². The number of amides is 4. The maximum atomic E-state index is 15.1. The summed E-state index contributed by atoms with van der Waals surface area (Å²) in [6.45, 7) is 1.64. The van der Waals surface area contributed by atoms with Gasteiger partial charge in [-0.2, -0.15) is 0 Å². The van der Waals surface area contributed by atoms with Crippen molar-refractivity contribution in [1.82, 2.24) is 25.2 Å². The van der Waals surface area contributed by atoms with Crippen molar-refractivity contribution in [3.05, 3.63) is 72.1 Å². The molecule has 1 aromatic heterocycles. The molecule has 3 saturated carbocycles. The van der Waals surface area contributed by atoms with E-state index in [1.807, 2.05) is 36.4 Å². The fraction of sp³-hybridized carbons (Fsp3) is 0.553. The van der Waals surface area contributed by atoms with E-state index in [2.05, 4.69) is 15.4 Å². The Labute approximate surface area is 356 Å². The first-order valence-corrected chi connectivity index (χ1v) is 23.8. The number of carbonyl (C=O) groups excluding carboxylic acids is 4. The molecule has 4 heterocycles. The zero-order chi connectivity index (χ0) is 42.6. The molecule has 3 aliphatic heterocycles. The number of carbonyl (C=O) groups is 4. The van der Waals surface area contributed by atoms with Gasteiger partial charge in [-0.05, 0) is 89.3 Å². The second-order valence-electron chi connectivity index (χ2n) is 18.8. The number of aryl methyl sites for hydroxylation is 1. The summed E-state index contributed by atoms with van der Waals surface area (Å²) < 4.78 is 49.7. The van der Waals surface area contributed by atoms with Gasteiger partial charge in [0.05, 0.1) is 16.8 Å². The van der Waals surface area contributed by atoms with E-state index in [0.717, 1.165) is 67.8 Å². The van der Waals surface area contributed by atoms with Gasteiger partial charge in [-0.15, -0.1) is 0 Å². The van der Waals surface area contributed by atoms with Gasteiger partial charge in [0.1, 0.15) is 34.4 Å². The zero-order valence-corrected chi connectivity index (χ0v) is 35.7. The highest BCUT2D eigenvalue weighted by molar-refractivity contribution is 7.91. The molecule has 9 rings (SSSR count). The predicted molar refractivity (Wildman–Crippen MR) is 228 cm³/mol. The van der Waals surface area contributed by atoms with Crippen LogP contribution >= 0.6 is 0 Å². The maximum Gasteiger partial charge on any atom is 0.259 e. The Balaban J connectivity index is 1.07. The minimum absolute atomic E-state index is 0.0125. The number of rotatable bonds is 7. The van der Waals surface area contributed by atoms with Crippen LogP contribution in [0.1, 0.15) is 115 Å². The first-order chi connectivity index (χ1) is 29.3. The Morgan fingerprint density at radius 1 is 0.967 bits per heavy atom. The molecule has 3 aliphatic carbocycles. The van der Waals surface area contributed by atoms with Crippen LogP contribution in [-0.4, -0.2) is 76.4 Å². The molecular formula is C47H56FN5O7S. The summed E-state index contributed by atoms with van der Waals surface area (Å²) in [5, 5.41) is 7.08. The summed E-state index contributed by atoms with van der Waals surface area (Å²) in [4.78, 5) is 64.3. The van der Waals surface area contributed by atoms with Crippen LogP contribution in [0.2, 0.25) is 0 Å². The van der Waals surface area contributed by atoms with Gasteiger partial charge in [-0.25, -0.2) is 17.8 Å². The maximum absolute atomic E-state index is 15.1. The molecule has 3 N–H and O–H groups in total. The highest BCUT2D eigenvalue weighted by Crippen LogP contribution is 2.50. The topological polar surface area (TPSA) is 164 Å².